The van der Waals surface area contributed by atoms with Crippen LogP contribution in [-0.2, 0) is 0 Å². The molecule has 0 aromatic carbocycles. The Morgan fingerprint density at radius 3 is 2.88 bits per heavy atom. The van der Waals surface area contributed by atoms with Gasteiger partial charge in [0.2, 0.25) is 5.82 Å². The van der Waals surface area contributed by atoms with Gasteiger partial charge in [-0.15, -0.1) is 0 Å². The summed E-state index contributed by atoms with van der Waals surface area (Å²) in [7, 11) is 0. The maximum Gasteiger partial charge on any atom is 0.246 e. The van der Waals surface area contributed by atoms with Crippen LogP contribution >= 0.6 is 0 Å². The minimum Gasteiger partial charge on any atom is -0.426 e. The lowest BCUT2D eigenvalue weighted by Crippen LogP contribution is -1.90. The number of nitriles is 1. The van der Waals surface area contributed by atoms with Crippen molar-refractivity contribution in [3.8, 4) is 6.07 Å². The van der Waals surface area contributed by atoms with Gasteiger partial charge < -0.3 is 5.21 Å². The largest absolute Gasteiger partial charge is 0.426 e. The van der Waals surface area contributed by atoms with Crippen molar-refractivity contribution in [2.24, 2.45) is 0 Å². The maximum absolute atomic E-state index is 8.58. The van der Waals surface area contributed by atoms with Crippen molar-refractivity contribution in [2.75, 3.05) is 0 Å². The van der Waals surface area contributed by atoms with Crippen LogP contribution < -0.4 is 0 Å². The zero-order valence-electron chi connectivity index (χ0n) is 3.94. The Kier molecular flexibility index (Phi) is 0.897. The number of imidazole rings is 1. The first-order valence-corrected chi connectivity index (χ1v) is 1.97. The molecule has 0 amide bonds. The number of rotatable bonds is 0. The molecular formula is C4H3N3O. The summed E-state index contributed by atoms with van der Waals surface area (Å²) < 4.78 is 0.667. The standard InChI is InChI=1S/C4H3N3O/c5-3-4-6-1-2-7(4)8/h1-2,8H. The van der Waals surface area contributed by atoms with Gasteiger partial charge in [0.25, 0.3) is 0 Å². The van der Waals surface area contributed by atoms with E-state index in [4.69, 9.17) is 10.5 Å². The third-order valence-electron chi connectivity index (χ3n) is 0.722. The Morgan fingerprint density at radius 1 is 1.88 bits per heavy atom. The maximum atomic E-state index is 8.58. The van der Waals surface area contributed by atoms with Crippen molar-refractivity contribution in [1.29, 1.82) is 5.26 Å². The van der Waals surface area contributed by atoms with Gasteiger partial charge in [-0.1, -0.05) is 0 Å². The summed E-state index contributed by atoms with van der Waals surface area (Å²) in [6.07, 6.45) is 2.64. The van der Waals surface area contributed by atoms with Crippen LogP contribution in [-0.4, -0.2) is 14.9 Å². The second kappa shape index (κ2) is 1.54. The molecule has 0 aliphatic heterocycles. The van der Waals surface area contributed by atoms with E-state index in [1.165, 1.54) is 12.4 Å². The van der Waals surface area contributed by atoms with Gasteiger partial charge in [-0.25, -0.2) is 4.98 Å². The Balaban J connectivity index is 3.15. The lowest BCUT2D eigenvalue weighted by molar-refractivity contribution is 0.183. The third-order valence-corrected chi connectivity index (χ3v) is 0.722. The zero-order chi connectivity index (χ0) is 5.98. The predicted octanol–water partition coefficient (Wildman–Crippen LogP) is -0.00792. The van der Waals surface area contributed by atoms with Crippen LogP contribution in [0.1, 0.15) is 5.82 Å². The fourth-order valence-electron chi connectivity index (χ4n) is 0.377. The molecule has 1 aromatic heterocycles. The van der Waals surface area contributed by atoms with Gasteiger partial charge in [0.1, 0.15) is 6.07 Å². The van der Waals surface area contributed by atoms with Crippen molar-refractivity contribution >= 4 is 0 Å². The highest BCUT2D eigenvalue weighted by atomic mass is 16.5. The predicted molar refractivity (Wildman–Crippen MR) is 24.1 cm³/mol. The van der Waals surface area contributed by atoms with Crippen LogP contribution in [0.3, 0.4) is 0 Å². The van der Waals surface area contributed by atoms with Crippen molar-refractivity contribution in [3.63, 3.8) is 0 Å². The molecule has 0 spiro atoms. The summed E-state index contributed by atoms with van der Waals surface area (Å²) in [5.74, 6) is 0.00463. The zero-order valence-corrected chi connectivity index (χ0v) is 3.94. The molecule has 1 N–H and O–H groups in total. The Hall–Kier alpha value is -1.50. The molecule has 4 nitrogen and oxygen atoms in total. The molecule has 0 aliphatic rings. The van der Waals surface area contributed by atoms with Gasteiger partial charge in [-0.2, -0.15) is 9.99 Å². The summed E-state index contributed by atoms with van der Waals surface area (Å²) in [6, 6.07) is 1.68. The molecule has 8 heavy (non-hydrogen) atoms. The van der Waals surface area contributed by atoms with Gasteiger partial charge in [0.05, 0.1) is 6.20 Å². The van der Waals surface area contributed by atoms with E-state index in [1.54, 1.807) is 6.07 Å². The Morgan fingerprint density at radius 2 is 2.62 bits per heavy atom. The lowest BCUT2D eigenvalue weighted by Gasteiger charge is -1.83. The molecule has 1 heterocycles. The molecule has 1 aromatic rings. The molecule has 1 rings (SSSR count). The summed E-state index contributed by atoms with van der Waals surface area (Å²) >= 11 is 0. The molecule has 4 heteroatoms. The van der Waals surface area contributed by atoms with E-state index in [0.29, 0.717) is 4.73 Å². The summed E-state index contributed by atoms with van der Waals surface area (Å²) in [5, 5.41) is 16.7. The van der Waals surface area contributed by atoms with Gasteiger partial charge in [0.15, 0.2) is 0 Å². The molecule has 0 aliphatic carbocycles. The van der Waals surface area contributed by atoms with E-state index < -0.39 is 0 Å². The minimum absolute atomic E-state index is 0.00463. The number of hydrogen-bond donors (Lipinski definition) is 1. The Bertz CT molecular complexity index is 221. The first-order valence-electron chi connectivity index (χ1n) is 1.97. The van der Waals surface area contributed by atoms with Gasteiger partial charge in [-0.05, 0) is 0 Å². The topological polar surface area (TPSA) is 61.8 Å². The minimum atomic E-state index is 0.00463. The number of aromatic nitrogens is 2. The molecule has 0 saturated heterocycles. The van der Waals surface area contributed by atoms with Crippen LogP contribution in [0.2, 0.25) is 0 Å². The quantitative estimate of drug-likeness (QED) is 0.476. The fourth-order valence-corrected chi connectivity index (χ4v) is 0.377. The monoisotopic (exact) mass is 109 g/mol. The van der Waals surface area contributed by atoms with Crippen LogP contribution in [0.4, 0.5) is 0 Å². The fraction of sp³-hybridized carbons (Fsp3) is 0. The molecule has 0 unspecified atom stereocenters. The van der Waals surface area contributed by atoms with E-state index in [9.17, 15) is 0 Å². The summed E-state index contributed by atoms with van der Waals surface area (Å²) in [5.41, 5.74) is 0. The summed E-state index contributed by atoms with van der Waals surface area (Å²) in [6.45, 7) is 0. The van der Waals surface area contributed by atoms with E-state index in [2.05, 4.69) is 4.98 Å². The molecule has 0 saturated carbocycles. The van der Waals surface area contributed by atoms with Crippen molar-refractivity contribution in [1.82, 2.24) is 9.71 Å². The molecule has 0 fully saturated rings. The lowest BCUT2D eigenvalue weighted by atomic mass is 10.7. The van der Waals surface area contributed by atoms with E-state index in [1.807, 2.05) is 0 Å². The van der Waals surface area contributed by atoms with Crippen LogP contribution in [0.15, 0.2) is 12.4 Å². The van der Waals surface area contributed by atoms with E-state index >= 15 is 0 Å². The smallest absolute Gasteiger partial charge is 0.246 e. The van der Waals surface area contributed by atoms with Crippen LogP contribution in [0, 0.1) is 11.3 Å². The van der Waals surface area contributed by atoms with Gasteiger partial charge in [0, 0.05) is 6.20 Å². The SMILES string of the molecule is N#Cc1nccn1O. The van der Waals surface area contributed by atoms with E-state index in [-0.39, 0.29) is 5.82 Å². The Labute approximate surface area is 45.6 Å². The van der Waals surface area contributed by atoms with Crippen LogP contribution in [0.5, 0.6) is 0 Å². The van der Waals surface area contributed by atoms with Crippen molar-refractivity contribution < 1.29 is 5.21 Å². The highest BCUT2D eigenvalue weighted by molar-refractivity contribution is 5.08. The molecule has 0 bridgehead atoms. The molecule has 0 atom stereocenters. The second-order valence-corrected chi connectivity index (χ2v) is 1.21. The van der Waals surface area contributed by atoms with Gasteiger partial charge >= 0.3 is 0 Å². The summed E-state index contributed by atoms with van der Waals surface area (Å²) in [4.78, 5) is 3.49. The average Bonchev–Trinajstić information content (AvgIpc) is 2.14. The first-order chi connectivity index (χ1) is 3.84. The number of hydrogen-bond acceptors (Lipinski definition) is 3. The van der Waals surface area contributed by atoms with Crippen molar-refractivity contribution in [3.05, 3.63) is 18.2 Å². The second-order valence-electron chi connectivity index (χ2n) is 1.21. The van der Waals surface area contributed by atoms with Crippen LogP contribution in [0.25, 0.3) is 0 Å². The number of nitrogens with zero attached hydrogens (tertiary/aromatic N) is 3. The highest BCUT2D eigenvalue weighted by Crippen LogP contribution is 1.87. The highest BCUT2D eigenvalue weighted by Gasteiger charge is 1.93. The van der Waals surface area contributed by atoms with Crippen molar-refractivity contribution in [2.45, 2.75) is 0 Å². The van der Waals surface area contributed by atoms with Gasteiger partial charge in [-0.3, -0.25) is 0 Å². The molecular weight excluding hydrogens is 106 g/mol. The third kappa shape index (κ3) is 0.500. The normalized spacial score (nSPS) is 8.38. The van der Waals surface area contributed by atoms with E-state index in [0.717, 1.165) is 0 Å². The first kappa shape index (κ1) is 4.65. The average molecular weight is 109 g/mol. The molecule has 0 radical (unpaired) electrons. The molecule has 40 valence electrons.